The molecule has 140 valence electrons. The van der Waals surface area contributed by atoms with Crippen LogP contribution in [-0.4, -0.2) is 48.3 Å². The molecule has 6 heteroatoms. The fourth-order valence-corrected chi connectivity index (χ4v) is 4.64. The van der Waals surface area contributed by atoms with Crippen LogP contribution in [0.25, 0.3) is 0 Å². The standard InChI is InChI=1S/C21H25N5O/c27-21(17-10-11-20(23-22-17)24-12-5-6-13-24)26-15-16-7-3-4-14-25(16)18-8-1-2-9-19(18)26/h1-2,8-11,16H,3-7,12-15H2. The lowest BCUT2D eigenvalue weighted by molar-refractivity contribution is 0.0977. The topological polar surface area (TPSA) is 52.6 Å². The van der Waals surface area contributed by atoms with Gasteiger partial charge in [-0.3, -0.25) is 4.79 Å². The Morgan fingerprint density at radius 2 is 1.67 bits per heavy atom. The monoisotopic (exact) mass is 363 g/mol. The third kappa shape index (κ3) is 2.93. The number of para-hydroxylation sites is 2. The van der Waals surface area contributed by atoms with Crippen LogP contribution in [-0.2, 0) is 0 Å². The molecule has 1 unspecified atom stereocenters. The van der Waals surface area contributed by atoms with Crippen LogP contribution < -0.4 is 14.7 Å². The van der Waals surface area contributed by atoms with E-state index < -0.39 is 0 Å². The van der Waals surface area contributed by atoms with Gasteiger partial charge < -0.3 is 14.7 Å². The number of fused-ring (bicyclic) bond motifs is 3. The third-order valence-corrected chi connectivity index (χ3v) is 6.05. The minimum atomic E-state index is -0.0480. The van der Waals surface area contributed by atoms with Gasteiger partial charge in [-0.15, -0.1) is 10.2 Å². The number of benzene rings is 1. The van der Waals surface area contributed by atoms with Crippen molar-refractivity contribution in [3.05, 3.63) is 42.1 Å². The van der Waals surface area contributed by atoms with Gasteiger partial charge in [0.1, 0.15) is 0 Å². The van der Waals surface area contributed by atoms with E-state index in [9.17, 15) is 4.79 Å². The second-order valence-electron chi connectivity index (χ2n) is 7.72. The minimum Gasteiger partial charge on any atom is -0.365 e. The highest BCUT2D eigenvalue weighted by Gasteiger charge is 2.35. The van der Waals surface area contributed by atoms with Crippen molar-refractivity contribution in [2.24, 2.45) is 0 Å². The van der Waals surface area contributed by atoms with Crippen LogP contribution in [0.5, 0.6) is 0 Å². The molecule has 4 heterocycles. The number of hydrogen-bond donors (Lipinski definition) is 0. The quantitative estimate of drug-likeness (QED) is 0.821. The zero-order valence-corrected chi connectivity index (χ0v) is 15.5. The van der Waals surface area contributed by atoms with Crippen LogP contribution in [0.15, 0.2) is 36.4 Å². The molecule has 1 aromatic carbocycles. The lowest BCUT2D eigenvalue weighted by Crippen LogP contribution is -2.53. The molecule has 27 heavy (non-hydrogen) atoms. The van der Waals surface area contributed by atoms with Crippen molar-refractivity contribution in [1.82, 2.24) is 10.2 Å². The van der Waals surface area contributed by atoms with Gasteiger partial charge in [0.25, 0.3) is 5.91 Å². The number of rotatable bonds is 2. The number of carbonyl (C=O) groups excluding carboxylic acids is 1. The van der Waals surface area contributed by atoms with E-state index in [-0.39, 0.29) is 5.91 Å². The Balaban J connectivity index is 1.43. The summed E-state index contributed by atoms with van der Waals surface area (Å²) in [4.78, 5) is 19.9. The SMILES string of the molecule is O=C(c1ccc(N2CCCC2)nn1)N1CC2CCCCN2c2ccccc21. The summed E-state index contributed by atoms with van der Waals surface area (Å²) in [5.41, 5.74) is 2.59. The van der Waals surface area contributed by atoms with Crippen LogP contribution in [0.1, 0.15) is 42.6 Å². The lowest BCUT2D eigenvalue weighted by atomic mass is 9.96. The molecule has 0 aliphatic carbocycles. The lowest BCUT2D eigenvalue weighted by Gasteiger charge is -2.46. The van der Waals surface area contributed by atoms with Crippen molar-refractivity contribution in [3.8, 4) is 0 Å². The van der Waals surface area contributed by atoms with Crippen LogP contribution in [0.2, 0.25) is 0 Å². The number of anilines is 3. The van der Waals surface area contributed by atoms with Crippen molar-refractivity contribution in [1.29, 1.82) is 0 Å². The second kappa shape index (κ2) is 6.83. The van der Waals surface area contributed by atoms with E-state index in [1.54, 1.807) is 0 Å². The fraction of sp³-hybridized carbons (Fsp3) is 0.476. The Labute approximate surface area is 159 Å². The molecular weight excluding hydrogens is 338 g/mol. The molecule has 0 saturated carbocycles. The largest absolute Gasteiger partial charge is 0.365 e. The van der Waals surface area contributed by atoms with Crippen LogP contribution >= 0.6 is 0 Å². The zero-order valence-electron chi connectivity index (χ0n) is 15.5. The molecule has 0 N–H and O–H groups in total. The normalized spacial score (nSPS) is 21.8. The molecule has 0 radical (unpaired) electrons. The minimum absolute atomic E-state index is 0.0480. The van der Waals surface area contributed by atoms with E-state index in [4.69, 9.17) is 0 Å². The summed E-state index contributed by atoms with van der Waals surface area (Å²) in [6.45, 7) is 3.86. The Morgan fingerprint density at radius 1 is 0.889 bits per heavy atom. The van der Waals surface area contributed by atoms with Gasteiger partial charge in [-0.05, 0) is 56.4 Å². The highest BCUT2D eigenvalue weighted by atomic mass is 16.2. The van der Waals surface area contributed by atoms with Gasteiger partial charge >= 0.3 is 0 Å². The zero-order chi connectivity index (χ0) is 18.2. The van der Waals surface area contributed by atoms with E-state index in [0.717, 1.165) is 44.1 Å². The predicted molar refractivity (Wildman–Crippen MR) is 107 cm³/mol. The second-order valence-corrected chi connectivity index (χ2v) is 7.72. The van der Waals surface area contributed by atoms with Crippen molar-refractivity contribution >= 4 is 23.1 Å². The molecule has 2 aromatic rings. The molecule has 1 aromatic heterocycles. The van der Waals surface area contributed by atoms with E-state index in [0.29, 0.717) is 11.7 Å². The molecule has 1 amide bonds. The first-order valence-electron chi connectivity index (χ1n) is 10.1. The molecule has 0 spiro atoms. The first kappa shape index (κ1) is 16.5. The van der Waals surface area contributed by atoms with Gasteiger partial charge in [0.15, 0.2) is 11.5 Å². The van der Waals surface area contributed by atoms with E-state index >= 15 is 0 Å². The molecule has 3 aliphatic heterocycles. The summed E-state index contributed by atoms with van der Waals surface area (Å²) >= 11 is 0. The van der Waals surface area contributed by atoms with Crippen molar-refractivity contribution < 1.29 is 4.79 Å². The number of aromatic nitrogens is 2. The van der Waals surface area contributed by atoms with Gasteiger partial charge in [-0.1, -0.05) is 12.1 Å². The Morgan fingerprint density at radius 3 is 2.44 bits per heavy atom. The Kier molecular flexibility index (Phi) is 4.19. The van der Waals surface area contributed by atoms with E-state index in [1.807, 2.05) is 29.2 Å². The van der Waals surface area contributed by atoms with Gasteiger partial charge in [0, 0.05) is 32.2 Å². The average molecular weight is 363 g/mol. The number of nitrogens with zero attached hydrogens (tertiary/aromatic N) is 5. The fourth-order valence-electron chi connectivity index (χ4n) is 4.64. The van der Waals surface area contributed by atoms with Crippen molar-refractivity contribution in [2.45, 2.75) is 38.1 Å². The summed E-state index contributed by atoms with van der Waals surface area (Å²) < 4.78 is 0. The number of hydrogen-bond acceptors (Lipinski definition) is 5. The third-order valence-electron chi connectivity index (χ3n) is 6.05. The molecule has 3 aliphatic rings. The maximum Gasteiger partial charge on any atom is 0.278 e. The van der Waals surface area contributed by atoms with Gasteiger partial charge in [-0.25, -0.2) is 0 Å². The van der Waals surface area contributed by atoms with Gasteiger partial charge in [-0.2, -0.15) is 0 Å². The molecular formula is C21H25N5O. The van der Waals surface area contributed by atoms with Crippen molar-refractivity contribution in [2.75, 3.05) is 40.9 Å². The molecule has 1 atom stereocenters. The molecule has 5 rings (SSSR count). The van der Waals surface area contributed by atoms with Crippen molar-refractivity contribution in [3.63, 3.8) is 0 Å². The molecule has 6 nitrogen and oxygen atoms in total. The maximum atomic E-state index is 13.3. The highest BCUT2D eigenvalue weighted by molar-refractivity contribution is 6.07. The maximum absolute atomic E-state index is 13.3. The number of carbonyl (C=O) groups is 1. The van der Waals surface area contributed by atoms with Gasteiger partial charge in [0.2, 0.25) is 0 Å². The van der Waals surface area contributed by atoms with E-state index in [1.165, 1.54) is 31.4 Å². The van der Waals surface area contributed by atoms with E-state index in [2.05, 4.69) is 32.1 Å². The summed E-state index contributed by atoms with van der Waals surface area (Å²) in [6, 6.07) is 12.4. The summed E-state index contributed by atoms with van der Waals surface area (Å²) in [5, 5.41) is 8.61. The first-order chi connectivity index (χ1) is 13.3. The van der Waals surface area contributed by atoms with Gasteiger partial charge in [0.05, 0.1) is 11.4 Å². The predicted octanol–water partition coefficient (Wildman–Crippen LogP) is 3.10. The average Bonchev–Trinajstić information content (AvgIpc) is 3.28. The molecule has 2 saturated heterocycles. The smallest absolute Gasteiger partial charge is 0.278 e. The number of amides is 1. The summed E-state index contributed by atoms with van der Waals surface area (Å²) in [7, 11) is 0. The van der Waals surface area contributed by atoms with Crippen LogP contribution in [0.4, 0.5) is 17.2 Å². The highest BCUT2D eigenvalue weighted by Crippen LogP contribution is 2.39. The molecule has 2 fully saturated rings. The molecule has 0 bridgehead atoms. The number of piperidine rings is 1. The van der Waals surface area contributed by atoms with Crippen LogP contribution in [0.3, 0.4) is 0 Å². The van der Waals surface area contributed by atoms with Crippen LogP contribution in [0, 0.1) is 0 Å². The first-order valence-corrected chi connectivity index (χ1v) is 10.1. The summed E-state index contributed by atoms with van der Waals surface area (Å²) in [5.74, 6) is 0.828. The Hall–Kier alpha value is -2.63. The Bertz CT molecular complexity index is 831. The summed E-state index contributed by atoms with van der Waals surface area (Å²) in [6.07, 6.45) is 5.99.